The summed E-state index contributed by atoms with van der Waals surface area (Å²) in [5.74, 6) is 0.0372. The van der Waals surface area contributed by atoms with Crippen LogP contribution in [-0.4, -0.2) is 4.92 Å². The van der Waals surface area contributed by atoms with E-state index >= 15 is 0 Å². The van der Waals surface area contributed by atoms with E-state index in [1.807, 2.05) is 0 Å². The van der Waals surface area contributed by atoms with Crippen LogP contribution in [0.15, 0.2) is 39.4 Å². The first-order chi connectivity index (χ1) is 8.58. The van der Waals surface area contributed by atoms with Crippen LogP contribution >= 0.6 is 15.9 Å². The monoisotopic (exact) mass is 314 g/mol. The zero-order valence-corrected chi connectivity index (χ0v) is 10.6. The number of halogens is 2. The first-order valence-electron chi connectivity index (χ1n) is 4.97. The Morgan fingerprint density at radius 1 is 1.50 bits per heavy atom. The minimum Gasteiger partial charge on any atom is -0.467 e. The molecule has 2 rings (SSSR count). The lowest BCUT2D eigenvalue weighted by atomic mass is 10.2. The van der Waals surface area contributed by atoms with E-state index in [0.717, 1.165) is 12.1 Å². The number of nitrogens with zero attached hydrogens (tertiary/aromatic N) is 1. The van der Waals surface area contributed by atoms with Crippen molar-refractivity contribution < 1.29 is 13.7 Å². The average Bonchev–Trinajstić information content (AvgIpc) is 2.83. The maximum atomic E-state index is 13.4. The van der Waals surface area contributed by atoms with Gasteiger partial charge in [-0.3, -0.25) is 10.1 Å². The van der Waals surface area contributed by atoms with Gasteiger partial charge in [0.2, 0.25) is 0 Å². The molecule has 0 fully saturated rings. The van der Waals surface area contributed by atoms with Crippen molar-refractivity contribution in [3.63, 3.8) is 0 Å². The molecule has 0 radical (unpaired) electrons. The highest BCUT2D eigenvalue weighted by atomic mass is 79.9. The van der Waals surface area contributed by atoms with Gasteiger partial charge < -0.3 is 9.73 Å². The second kappa shape index (κ2) is 5.18. The molecule has 5 nitrogen and oxygen atoms in total. The van der Waals surface area contributed by atoms with Gasteiger partial charge in [0, 0.05) is 12.1 Å². The molecule has 1 heterocycles. The Hall–Kier alpha value is -1.89. The SMILES string of the molecule is O=[N+]([O-])c1cc(Br)c(F)cc1NCc1ccco1. The van der Waals surface area contributed by atoms with Crippen LogP contribution in [0.2, 0.25) is 0 Å². The van der Waals surface area contributed by atoms with Crippen LogP contribution in [0.3, 0.4) is 0 Å². The van der Waals surface area contributed by atoms with Gasteiger partial charge in [-0.25, -0.2) is 4.39 Å². The maximum Gasteiger partial charge on any atom is 0.293 e. The molecule has 0 amide bonds. The Morgan fingerprint density at radius 2 is 2.28 bits per heavy atom. The highest BCUT2D eigenvalue weighted by Crippen LogP contribution is 2.30. The van der Waals surface area contributed by atoms with Crippen LogP contribution in [0.1, 0.15) is 5.76 Å². The summed E-state index contributed by atoms with van der Waals surface area (Å²) in [6, 6.07) is 5.62. The predicted octanol–water partition coefficient (Wildman–Crippen LogP) is 3.70. The smallest absolute Gasteiger partial charge is 0.293 e. The van der Waals surface area contributed by atoms with Gasteiger partial charge in [0.15, 0.2) is 0 Å². The summed E-state index contributed by atoms with van der Waals surface area (Å²) >= 11 is 2.91. The summed E-state index contributed by atoms with van der Waals surface area (Å²) in [6.07, 6.45) is 1.49. The van der Waals surface area contributed by atoms with Crippen molar-refractivity contribution in [1.82, 2.24) is 0 Å². The number of furan rings is 1. The molecule has 0 spiro atoms. The van der Waals surface area contributed by atoms with E-state index in [9.17, 15) is 14.5 Å². The lowest BCUT2D eigenvalue weighted by Gasteiger charge is -2.06. The van der Waals surface area contributed by atoms with Crippen molar-refractivity contribution >= 4 is 27.3 Å². The number of nitrogens with one attached hydrogen (secondary N) is 1. The second-order valence-corrected chi connectivity index (χ2v) is 4.33. The molecule has 18 heavy (non-hydrogen) atoms. The van der Waals surface area contributed by atoms with E-state index < -0.39 is 10.7 Å². The topological polar surface area (TPSA) is 68.3 Å². The molecule has 0 unspecified atom stereocenters. The molecule has 0 aliphatic rings. The molecular formula is C11H8BrFN2O3. The fraction of sp³-hybridized carbons (Fsp3) is 0.0909. The summed E-state index contributed by atoms with van der Waals surface area (Å²) in [5.41, 5.74) is -0.0908. The summed E-state index contributed by atoms with van der Waals surface area (Å²) in [4.78, 5) is 10.3. The molecule has 0 aliphatic carbocycles. The Morgan fingerprint density at radius 3 is 2.89 bits per heavy atom. The second-order valence-electron chi connectivity index (χ2n) is 3.47. The Labute approximate surface area is 110 Å². The number of nitro groups is 1. The first kappa shape index (κ1) is 12.6. The van der Waals surface area contributed by atoms with Gasteiger partial charge in [-0.05, 0) is 28.1 Å². The van der Waals surface area contributed by atoms with Crippen LogP contribution in [0.5, 0.6) is 0 Å². The zero-order valence-electron chi connectivity index (χ0n) is 9.02. The van der Waals surface area contributed by atoms with E-state index in [-0.39, 0.29) is 22.4 Å². The van der Waals surface area contributed by atoms with Crippen molar-refractivity contribution in [2.24, 2.45) is 0 Å². The molecule has 94 valence electrons. The maximum absolute atomic E-state index is 13.4. The number of nitro benzene ring substituents is 1. The van der Waals surface area contributed by atoms with Gasteiger partial charge in [-0.1, -0.05) is 0 Å². The zero-order chi connectivity index (χ0) is 13.1. The minimum absolute atomic E-state index is 0.0535. The molecule has 0 saturated heterocycles. The Kier molecular flexibility index (Phi) is 3.61. The third-order valence-corrected chi connectivity index (χ3v) is 2.88. The highest BCUT2D eigenvalue weighted by Gasteiger charge is 2.17. The fourth-order valence-corrected chi connectivity index (χ4v) is 1.76. The summed E-state index contributed by atoms with van der Waals surface area (Å²) in [5, 5.41) is 13.6. The van der Waals surface area contributed by atoms with Crippen molar-refractivity contribution in [3.8, 4) is 0 Å². The Balaban J connectivity index is 2.25. The van der Waals surface area contributed by atoms with Crippen LogP contribution < -0.4 is 5.32 Å². The first-order valence-corrected chi connectivity index (χ1v) is 5.77. The summed E-state index contributed by atoms with van der Waals surface area (Å²) in [6.45, 7) is 0.245. The molecule has 1 N–H and O–H groups in total. The molecular weight excluding hydrogens is 307 g/mol. The van der Waals surface area contributed by atoms with Crippen LogP contribution in [-0.2, 0) is 6.54 Å². The van der Waals surface area contributed by atoms with Gasteiger partial charge in [0.25, 0.3) is 5.69 Å². The van der Waals surface area contributed by atoms with Gasteiger partial charge in [-0.15, -0.1) is 0 Å². The van der Waals surface area contributed by atoms with Crippen molar-refractivity contribution in [2.45, 2.75) is 6.54 Å². The van der Waals surface area contributed by atoms with E-state index in [0.29, 0.717) is 5.76 Å². The number of rotatable bonds is 4. The lowest BCUT2D eigenvalue weighted by Crippen LogP contribution is -2.02. The van der Waals surface area contributed by atoms with Gasteiger partial charge in [-0.2, -0.15) is 0 Å². The normalized spacial score (nSPS) is 10.3. The van der Waals surface area contributed by atoms with Crippen molar-refractivity contribution in [2.75, 3.05) is 5.32 Å². The molecule has 0 bridgehead atoms. The van der Waals surface area contributed by atoms with Gasteiger partial charge in [0.05, 0.1) is 22.2 Å². The van der Waals surface area contributed by atoms with E-state index in [2.05, 4.69) is 21.2 Å². The fourth-order valence-electron chi connectivity index (χ4n) is 1.42. The largest absolute Gasteiger partial charge is 0.467 e. The summed E-state index contributed by atoms with van der Waals surface area (Å²) < 4.78 is 18.5. The van der Waals surface area contributed by atoms with Crippen LogP contribution in [0, 0.1) is 15.9 Å². The molecule has 1 aromatic heterocycles. The van der Waals surface area contributed by atoms with Crippen LogP contribution in [0.25, 0.3) is 0 Å². The quantitative estimate of drug-likeness (QED) is 0.690. The molecule has 0 aliphatic heterocycles. The van der Waals surface area contributed by atoms with Crippen LogP contribution in [0.4, 0.5) is 15.8 Å². The standard InChI is InChI=1S/C11H8BrFN2O3/c12-8-4-11(15(16)17)10(5-9(8)13)14-6-7-2-1-3-18-7/h1-5,14H,6H2. The number of anilines is 1. The molecule has 2 aromatic rings. The van der Waals surface area contributed by atoms with Crippen molar-refractivity contribution in [3.05, 3.63) is 56.7 Å². The molecule has 1 aromatic carbocycles. The summed E-state index contributed by atoms with van der Waals surface area (Å²) in [7, 11) is 0. The Bertz CT molecular complexity index is 572. The van der Waals surface area contributed by atoms with Crippen molar-refractivity contribution in [1.29, 1.82) is 0 Å². The molecule has 0 saturated carbocycles. The number of benzene rings is 1. The average molecular weight is 315 g/mol. The highest BCUT2D eigenvalue weighted by molar-refractivity contribution is 9.10. The van der Waals surface area contributed by atoms with E-state index in [1.54, 1.807) is 12.1 Å². The molecule has 0 atom stereocenters. The number of hydrogen-bond donors (Lipinski definition) is 1. The third kappa shape index (κ3) is 2.67. The van der Waals surface area contributed by atoms with E-state index in [1.165, 1.54) is 6.26 Å². The molecule has 7 heteroatoms. The lowest BCUT2D eigenvalue weighted by molar-refractivity contribution is -0.384. The van der Waals surface area contributed by atoms with E-state index in [4.69, 9.17) is 4.42 Å². The third-order valence-electron chi connectivity index (χ3n) is 2.27. The van der Waals surface area contributed by atoms with Gasteiger partial charge in [0.1, 0.15) is 17.3 Å². The predicted molar refractivity (Wildman–Crippen MR) is 66.8 cm³/mol. The van der Waals surface area contributed by atoms with Gasteiger partial charge >= 0.3 is 0 Å². The number of hydrogen-bond acceptors (Lipinski definition) is 4. The minimum atomic E-state index is -0.575.